The van der Waals surface area contributed by atoms with Crippen LogP contribution in [0.4, 0.5) is 5.69 Å². The number of aromatic nitrogens is 1. The maximum Gasteiger partial charge on any atom is 0.475 e. The molecule has 1 aromatic heterocycles. The lowest BCUT2D eigenvalue weighted by molar-refractivity contribution is -0.140. The average Bonchev–Trinajstić information content (AvgIpc) is 3.32. The molecular formula is C24H33BN4O5. The molecule has 2 amide bonds. The van der Waals surface area contributed by atoms with Gasteiger partial charge in [0.15, 0.2) is 0 Å². The maximum atomic E-state index is 13.3. The largest absolute Gasteiger partial charge is 0.494 e. The van der Waals surface area contributed by atoms with Gasteiger partial charge in [-0.1, -0.05) is 12.8 Å². The molecule has 1 heterocycles. The van der Waals surface area contributed by atoms with Crippen LogP contribution >= 0.6 is 0 Å². The summed E-state index contributed by atoms with van der Waals surface area (Å²) in [6.07, 6.45) is 6.79. The van der Waals surface area contributed by atoms with Crippen molar-refractivity contribution < 1.29 is 24.4 Å². The zero-order valence-corrected chi connectivity index (χ0v) is 19.5. The van der Waals surface area contributed by atoms with Crippen molar-refractivity contribution in [2.24, 2.45) is 5.41 Å². The molecule has 1 aliphatic rings. The van der Waals surface area contributed by atoms with Gasteiger partial charge in [0.1, 0.15) is 11.2 Å². The summed E-state index contributed by atoms with van der Waals surface area (Å²) in [5.41, 5.74) is -0.674. The number of hydrogen-bond donors (Lipinski definition) is 5. The van der Waals surface area contributed by atoms with E-state index < -0.39 is 24.4 Å². The van der Waals surface area contributed by atoms with E-state index in [0.717, 1.165) is 12.8 Å². The van der Waals surface area contributed by atoms with Crippen molar-refractivity contribution in [3.05, 3.63) is 54.1 Å². The molecular weight excluding hydrogens is 435 g/mol. The van der Waals surface area contributed by atoms with Gasteiger partial charge in [0, 0.05) is 24.6 Å². The Morgan fingerprint density at radius 1 is 1.12 bits per heavy atom. The van der Waals surface area contributed by atoms with E-state index in [-0.39, 0.29) is 5.91 Å². The third kappa shape index (κ3) is 6.48. The van der Waals surface area contributed by atoms with E-state index in [1.54, 1.807) is 48.8 Å². The minimum absolute atomic E-state index is 0.329. The van der Waals surface area contributed by atoms with Crippen LogP contribution in [0.25, 0.3) is 0 Å². The number of nitrogens with zero attached hydrogens (tertiary/aromatic N) is 1. The molecule has 5 N–H and O–H groups in total. The molecule has 2 aromatic rings. The van der Waals surface area contributed by atoms with Gasteiger partial charge >= 0.3 is 7.12 Å². The number of aryl methyl sites for hydroxylation is 1. The van der Waals surface area contributed by atoms with E-state index in [1.165, 1.54) is 0 Å². The fraction of sp³-hybridized carbons (Fsp3) is 0.458. The smallest absolute Gasteiger partial charge is 0.475 e. The van der Waals surface area contributed by atoms with Gasteiger partial charge in [-0.2, -0.15) is 0 Å². The van der Waals surface area contributed by atoms with Crippen LogP contribution in [-0.2, 0) is 16.1 Å². The minimum atomic E-state index is -1.74. The Balaban J connectivity index is 1.63. The van der Waals surface area contributed by atoms with Crippen LogP contribution in [-0.4, -0.2) is 46.1 Å². The highest BCUT2D eigenvalue weighted by Crippen LogP contribution is 2.39. The Morgan fingerprint density at radius 2 is 1.76 bits per heavy atom. The van der Waals surface area contributed by atoms with Crippen molar-refractivity contribution in [3.63, 3.8) is 0 Å². The summed E-state index contributed by atoms with van der Waals surface area (Å²) in [5.74, 6) is -1.05. The number of carbonyl (C=O) groups excluding carboxylic acids is 2. The van der Waals surface area contributed by atoms with Gasteiger partial charge < -0.3 is 35.4 Å². The zero-order valence-electron chi connectivity index (χ0n) is 19.5. The maximum absolute atomic E-state index is 13.3. The molecule has 1 aromatic carbocycles. The second-order valence-electron chi connectivity index (χ2n) is 8.66. The third-order valence-corrected chi connectivity index (χ3v) is 6.25. The standard InChI is InChI=1S/C24H33BN4O5/c1-2-34-20-9-7-19(8-10-20)27-22(30)24(13-3-4-14-24)23(31)28-21(25(32)33)6-5-15-29-16-11-18(26)12-17-29/h7-12,16-17,21,26,32-33H,2-6,13-15H2,1H3,(H,27,30)(H,28,31)/t21-/m0/s1. The van der Waals surface area contributed by atoms with Crippen molar-refractivity contribution in [1.29, 1.82) is 5.41 Å². The van der Waals surface area contributed by atoms with Crippen LogP contribution in [0.2, 0.25) is 0 Å². The Kier molecular flexibility index (Phi) is 8.89. The van der Waals surface area contributed by atoms with E-state index in [1.807, 2.05) is 11.5 Å². The molecule has 0 unspecified atom stereocenters. The normalized spacial score (nSPS) is 15.4. The molecule has 9 nitrogen and oxygen atoms in total. The number of anilines is 1. The summed E-state index contributed by atoms with van der Waals surface area (Å²) in [4.78, 5) is 26.5. The quantitative estimate of drug-likeness (QED) is 0.253. The molecule has 182 valence electrons. The Labute approximate surface area is 199 Å². The molecule has 0 bridgehead atoms. The third-order valence-electron chi connectivity index (χ3n) is 6.25. The predicted octanol–water partition coefficient (Wildman–Crippen LogP) is 1.84. The van der Waals surface area contributed by atoms with Gasteiger partial charge in [-0.25, -0.2) is 0 Å². The van der Waals surface area contributed by atoms with Crippen molar-refractivity contribution >= 4 is 24.6 Å². The fourth-order valence-electron chi connectivity index (χ4n) is 4.29. The van der Waals surface area contributed by atoms with E-state index in [0.29, 0.717) is 55.6 Å². The number of amides is 2. The van der Waals surface area contributed by atoms with Crippen molar-refractivity contribution in [3.8, 4) is 5.75 Å². The number of hydrogen-bond acceptors (Lipinski definition) is 6. The highest BCUT2D eigenvalue weighted by atomic mass is 16.5. The highest BCUT2D eigenvalue weighted by Gasteiger charge is 2.49. The molecule has 1 aliphatic carbocycles. The Morgan fingerprint density at radius 3 is 2.35 bits per heavy atom. The second-order valence-corrected chi connectivity index (χ2v) is 8.66. The number of nitrogens with one attached hydrogen (secondary N) is 3. The first-order valence-electron chi connectivity index (χ1n) is 11.8. The van der Waals surface area contributed by atoms with Gasteiger partial charge in [-0.15, -0.1) is 0 Å². The number of pyridine rings is 1. The molecule has 1 saturated carbocycles. The molecule has 34 heavy (non-hydrogen) atoms. The van der Waals surface area contributed by atoms with Crippen LogP contribution in [0.1, 0.15) is 45.4 Å². The van der Waals surface area contributed by atoms with Gasteiger partial charge in [0.25, 0.3) is 0 Å². The summed E-state index contributed by atoms with van der Waals surface area (Å²) in [7, 11) is -1.74. The molecule has 3 rings (SSSR count). The van der Waals surface area contributed by atoms with Crippen molar-refractivity contribution in [1.82, 2.24) is 9.88 Å². The summed E-state index contributed by atoms with van der Waals surface area (Å²) in [6, 6.07) is 10.3. The SMILES string of the molecule is CCOc1ccc(NC(=O)C2(C(=O)N[C@@H](CCCn3ccc(=N)cc3)B(O)O)CCCC2)cc1. The zero-order chi connectivity index (χ0) is 24.6. The lowest BCUT2D eigenvalue weighted by Gasteiger charge is -2.29. The van der Waals surface area contributed by atoms with Gasteiger partial charge in [-0.3, -0.25) is 9.59 Å². The van der Waals surface area contributed by atoms with Gasteiger partial charge in [0.2, 0.25) is 11.8 Å². The molecule has 0 spiro atoms. The summed E-state index contributed by atoms with van der Waals surface area (Å²) in [6.45, 7) is 3.04. The monoisotopic (exact) mass is 468 g/mol. The molecule has 0 saturated heterocycles. The molecule has 0 radical (unpaired) electrons. The van der Waals surface area contributed by atoms with Crippen molar-refractivity contribution in [2.75, 3.05) is 11.9 Å². The molecule has 10 heteroatoms. The molecule has 0 aliphatic heterocycles. The van der Waals surface area contributed by atoms with E-state index in [2.05, 4.69) is 10.6 Å². The highest BCUT2D eigenvalue weighted by molar-refractivity contribution is 6.43. The predicted molar refractivity (Wildman–Crippen MR) is 129 cm³/mol. The van der Waals surface area contributed by atoms with Gasteiger partial charge in [0.05, 0.1) is 17.9 Å². The van der Waals surface area contributed by atoms with Gasteiger partial charge in [-0.05, 0) is 69.0 Å². The van der Waals surface area contributed by atoms with E-state index in [9.17, 15) is 19.6 Å². The lowest BCUT2D eigenvalue weighted by Crippen LogP contribution is -2.54. The number of benzene rings is 1. The molecule has 1 atom stereocenters. The van der Waals surface area contributed by atoms with E-state index in [4.69, 9.17) is 10.1 Å². The van der Waals surface area contributed by atoms with Crippen LogP contribution in [0.3, 0.4) is 0 Å². The first kappa shape index (κ1) is 25.5. The minimum Gasteiger partial charge on any atom is -0.494 e. The number of carbonyl (C=O) groups is 2. The number of ether oxygens (including phenoxy) is 1. The first-order valence-corrected chi connectivity index (χ1v) is 11.8. The van der Waals surface area contributed by atoms with E-state index >= 15 is 0 Å². The summed E-state index contributed by atoms with van der Waals surface area (Å²) in [5, 5.41) is 33.3. The lowest BCUT2D eigenvalue weighted by atomic mass is 9.75. The Bertz CT molecular complexity index is 998. The Hall–Kier alpha value is -3.11. The number of rotatable bonds is 11. The second kappa shape index (κ2) is 11.8. The van der Waals surface area contributed by atoms with Crippen LogP contribution in [0, 0.1) is 10.8 Å². The molecule has 1 fully saturated rings. The average molecular weight is 468 g/mol. The fourth-order valence-corrected chi connectivity index (χ4v) is 4.29. The van der Waals surface area contributed by atoms with Crippen LogP contribution in [0.15, 0.2) is 48.8 Å². The topological polar surface area (TPSA) is 137 Å². The van der Waals surface area contributed by atoms with Crippen molar-refractivity contribution in [2.45, 2.75) is 57.9 Å². The van der Waals surface area contributed by atoms with Crippen LogP contribution < -0.4 is 20.7 Å². The summed E-state index contributed by atoms with van der Waals surface area (Å²) < 4.78 is 7.31. The first-order chi connectivity index (χ1) is 16.3. The van der Waals surface area contributed by atoms with Crippen LogP contribution in [0.5, 0.6) is 5.75 Å². The summed E-state index contributed by atoms with van der Waals surface area (Å²) >= 11 is 0.